The molecule has 0 radical (unpaired) electrons. The highest BCUT2D eigenvalue weighted by molar-refractivity contribution is 5.52. The first-order valence-corrected chi connectivity index (χ1v) is 4.15. The van der Waals surface area contributed by atoms with Crippen molar-refractivity contribution in [2.24, 2.45) is 5.73 Å². The van der Waals surface area contributed by atoms with Crippen LogP contribution >= 0.6 is 0 Å². The van der Waals surface area contributed by atoms with Crippen molar-refractivity contribution >= 4 is 5.69 Å². The molecule has 13 heavy (non-hydrogen) atoms. The summed E-state index contributed by atoms with van der Waals surface area (Å²) in [5.41, 5.74) is 13.3. The summed E-state index contributed by atoms with van der Waals surface area (Å²) in [6, 6.07) is 1.86. The Labute approximate surface area is 78.2 Å². The van der Waals surface area contributed by atoms with Gasteiger partial charge < -0.3 is 11.5 Å². The van der Waals surface area contributed by atoms with Gasteiger partial charge in [0.25, 0.3) is 0 Å². The van der Waals surface area contributed by atoms with Crippen molar-refractivity contribution in [1.29, 1.82) is 0 Å². The van der Waals surface area contributed by atoms with Crippen molar-refractivity contribution in [3.05, 3.63) is 23.5 Å². The van der Waals surface area contributed by atoms with Crippen LogP contribution in [-0.2, 0) is 0 Å². The van der Waals surface area contributed by atoms with Gasteiger partial charge in [0.2, 0.25) is 0 Å². The molecule has 0 aromatic carbocycles. The summed E-state index contributed by atoms with van der Waals surface area (Å²) >= 11 is 0. The molecule has 4 N–H and O–H groups in total. The fourth-order valence-corrected chi connectivity index (χ4v) is 0.915. The molecule has 0 aliphatic heterocycles. The van der Waals surface area contributed by atoms with Gasteiger partial charge in [0, 0.05) is 19.2 Å². The number of nitrogens with two attached hydrogens (primary N) is 2. The lowest BCUT2D eigenvalue weighted by Gasteiger charge is -1.97. The van der Waals surface area contributed by atoms with Crippen molar-refractivity contribution in [3.63, 3.8) is 0 Å². The quantitative estimate of drug-likeness (QED) is 0.617. The minimum absolute atomic E-state index is 0.568. The Morgan fingerprint density at radius 2 is 2.31 bits per heavy atom. The van der Waals surface area contributed by atoms with E-state index in [4.69, 9.17) is 11.5 Å². The standard InChI is InChI=1S/C10H13N3/c1-8-6-9(12)10(13-7-8)4-2-3-5-11/h6-7H,3,5,11-12H2,1H3. The van der Waals surface area contributed by atoms with E-state index in [1.54, 1.807) is 6.20 Å². The van der Waals surface area contributed by atoms with E-state index in [2.05, 4.69) is 16.8 Å². The molecule has 0 saturated heterocycles. The van der Waals surface area contributed by atoms with Gasteiger partial charge in [-0.15, -0.1) is 0 Å². The highest BCUT2D eigenvalue weighted by atomic mass is 14.7. The summed E-state index contributed by atoms with van der Waals surface area (Å²) < 4.78 is 0. The second kappa shape index (κ2) is 4.48. The molecule has 3 nitrogen and oxygen atoms in total. The molecular formula is C10H13N3. The third kappa shape index (κ3) is 2.77. The Morgan fingerprint density at radius 3 is 2.92 bits per heavy atom. The second-order valence-electron chi connectivity index (χ2n) is 2.79. The van der Waals surface area contributed by atoms with Crippen molar-refractivity contribution in [2.45, 2.75) is 13.3 Å². The maximum Gasteiger partial charge on any atom is 0.136 e. The first kappa shape index (κ1) is 9.56. The number of aromatic nitrogens is 1. The van der Waals surface area contributed by atoms with Crippen molar-refractivity contribution in [1.82, 2.24) is 4.98 Å². The van der Waals surface area contributed by atoms with E-state index >= 15 is 0 Å². The van der Waals surface area contributed by atoms with Crippen LogP contribution in [0, 0.1) is 18.8 Å². The summed E-state index contributed by atoms with van der Waals surface area (Å²) in [7, 11) is 0. The van der Waals surface area contributed by atoms with E-state index in [0.717, 1.165) is 5.56 Å². The van der Waals surface area contributed by atoms with Crippen molar-refractivity contribution in [2.75, 3.05) is 12.3 Å². The predicted octanol–water partition coefficient (Wildman–Crippen LogP) is 0.673. The lowest BCUT2D eigenvalue weighted by Crippen LogP contribution is -1.97. The molecule has 0 atom stereocenters. The Hall–Kier alpha value is -1.53. The lowest BCUT2D eigenvalue weighted by atomic mass is 10.2. The number of rotatable bonds is 1. The van der Waals surface area contributed by atoms with E-state index in [9.17, 15) is 0 Å². The van der Waals surface area contributed by atoms with E-state index < -0.39 is 0 Å². The minimum atomic E-state index is 0.568. The fourth-order valence-electron chi connectivity index (χ4n) is 0.915. The molecule has 0 aliphatic rings. The third-order valence-corrected chi connectivity index (χ3v) is 1.53. The Bertz CT molecular complexity index is 347. The van der Waals surface area contributed by atoms with Crippen LogP contribution in [0.2, 0.25) is 0 Å². The second-order valence-corrected chi connectivity index (χ2v) is 2.79. The van der Waals surface area contributed by atoms with Gasteiger partial charge >= 0.3 is 0 Å². The molecule has 0 saturated carbocycles. The average Bonchev–Trinajstić information content (AvgIpc) is 2.09. The molecule has 0 aliphatic carbocycles. The third-order valence-electron chi connectivity index (χ3n) is 1.53. The van der Waals surface area contributed by atoms with Crippen LogP contribution < -0.4 is 11.5 Å². The number of anilines is 1. The average molecular weight is 175 g/mol. The monoisotopic (exact) mass is 175 g/mol. The number of aryl methyl sites for hydroxylation is 1. The van der Waals surface area contributed by atoms with Gasteiger partial charge in [-0.25, -0.2) is 4.98 Å². The van der Waals surface area contributed by atoms with E-state index in [1.165, 1.54) is 0 Å². The number of nitrogen functional groups attached to an aromatic ring is 1. The van der Waals surface area contributed by atoms with Crippen LogP contribution in [0.4, 0.5) is 5.69 Å². The molecule has 3 heteroatoms. The van der Waals surface area contributed by atoms with Gasteiger partial charge in [-0.2, -0.15) is 0 Å². The highest BCUT2D eigenvalue weighted by Gasteiger charge is 1.95. The van der Waals surface area contributed by atoms with Crippen molar-refractivity contribution < 1.29 is 0 Å². The van der Waals surface area contributed by atoms with Gasteiger partial charge in [0.05, 0.1) is 5.69 Å². The molecule has 0 bridgehead atoms. The summed E-state index contributed by atoms with van der Waals surface area (Å²) in [5.74, 6) is 5.77. The molecule has 1 aromatic rings. The lowest BCUT2D eigenvalue weighted by molar-refractivity contribution is 1.03. The first-order chi connectivity index (χ1) is 6.24. The van der Waals surface area contributed by atoms with E-state index in [1.807, 2.05) is 13.0 Å². The molecule has 0 unspecified atom stereocenters. The van der Waals surface area contributed by atoms with Crippen LogP contribution in [-0.4, -0.2) is 11.5 Å². The molecule has 1 aromatic heterocycles. The zero-order chi connectivity index (χ0) is 9.68. The van der Waals surface area contributed by atoms with E-state index in [0.29, 0.717) is 24.3 Å². The summed E-state index contributed by atoms with van der Waals surface area (Å²) in [4.78, 5) is 4.11. The number of hydrogen-bond donors (Lipinski definition) is 2. The minimum Gasteiger partial charge on any atom is -0.396 e. The predicted molar refractivity (Wildman–Crippen MR) is 53.9 cm³/mol. The molecule has 0 amide bonds. The fraction of sp³-hybridized carbons (Fsp3) is 0.300. The zero-order valence-electron chi connectivity index (χ0n) is 7.67. The maximum absolute atomic E-state index is 5.71. The molecule has 1 rings (SSSR count). The Kier molecular flexibility index (Phi) is 3.30. The summed E-state index contributed by atoms with van der Waals surface area (Å²) in [6.07, 6.45) is 2.43. The normalized spacial score (nSPS) is 9.08. The summed E-state index contributed by atoms with van der Waals surface area (Å²) in [5, 5.41) is 0. The van der Waals surface area contributed by atoms with Gasteiger partial charge in [-0.3, -0.25) is 0 Å². The molecule has 1 heterocycles. The van der Waals surface area contributed by atoms with Crippen LogP contribution in [0.15, 0.2) is 12.3 Å². The number of hydrogen-bond acceptors (Lipinski definition) is 3. The molecule has 0 fully saturated rings. The topological polar surface area (TPSA) is 64.9 Å². The Balaban J connectivity index is 2.85. The zero-order valence-corrected chi connectivity index (χ0v) is 7.67. The molecular weight excluding hydrogens is 162 g/mol. The maximum atomic E-state index is 5.71. The van der Waals surface area contributed by atoms with Crippen molar-refractivity contribution in [3.8, 4) is 11.8 Å². The van der Waals surface area contributed by atoms with Gasteiger partial charge in [0.15, 0.2) is 0 Å². The smallest absolute Gasteiger partial charge is 0.136 e. The van der Waals surface area contributed by atoms with Crippen LogP contribution in [0.25, 0.3) is 0 Å². The SMILES string of the molecule is Cc1cnc(C#CCCN)c(N)c1. The highest BCUT2D eigenvalue weighted by Crippen LogP contribution is 2.08. The van der Waals surface area contributed by atoms with E-state index in [-0.39, 0.29) is 0 Å². The first-order valence-electron chi connectivity index (χ1n) is 4.15. The summed E-state index contributed by atoms with van der Waals surface area (Å²) in [6.45, 7) is 2.51. The molecule has 68 valence electrons. The Morgan fingerprint density at radius 1 is 1.54 bits per heavy atom. The molecule has 0 spiro atoms. The van der Waals surface area contributed by atoms with Gasteiger partial charge in [0.1, 0.15) is 5.69 Å². The number of nitrogens with zero attached hydrogens (tertiary/aromatic N) is 1. The van der Waals surface area contributed by atoms with Crippen LogP contribution in [0.1, 0.15) is 17.7 Å². The largest absolute Gasteiger partial charge is 0.396 e. The van der Waals surface area contributed by atoms with Crippen LogP contribution in [0.3, 0.4) is 0 Å². The van der Waals surface area contributed by atoms with Gasteiger partial charge in [-0.1, -0.05) is 5.92 Å². The van der Waals surface area contributed by atoms with Gasteiger partial charge in [-0.05, 0) is 24.5 Å². The van der Waals surface area contributed by atoms with Crippen LogP contribution in [0.5, 0.6) is 0 Å². The number of pyridine rings is 1.